The van der Waals surface area contributed by atoms with Crippen molar-refractivity contribution < 1.29 is 19.1 Å². The van der Waals surface area contributed by atoms with Crippen molar-refractivity contribution in [1.82, 2.24) is 4.98 Å². The monoisotopic (exact) mass is 287 g/mol. The third-order valence-corrected chi connectivity index (χ3v) is 2.90. The largest absolute Gasteiger partial charge is 0.465 e. The number of nitrogens with one attached hydrogen (secondary N) is 1. The van der Waals surface area contributed by atoms with E-state index in [9.17, 15) is 14.4 Å². The van der Waals surface area contributed by atoms with Crippen molar-refractivity contribution in [3.05, 3.63) is 57.9 Å². The Hall–Kier alpha value is -2.89. The maximum atomic E-state index is 12.0. The predicted molar refractivity (Wildman–Crippen MR) is 75.2 cm³/mol. The molecule has 0 saturated heterocycles. The minimum atomic E-state index is -0.779. The van der Waals surface area contributed by atoms with Crippen LogP contribution in [0.1, 0.15) is 20.7 Å². The van der Waals surface area contributed by atoms with Gasteiger partial charge in [0, 0.05) is 6.07 Å². The summed E-state index contributed by atoms with van der Waals surface area (Å²) in [5.74, 6) is -1.51. The Morgan fingerprint density at radius 2 is 1.62 bits per heavy atom. The maximum absolute atomic E-state index is 12.0. The highest BCUT2D eigenvalue weighted by Gasteiger charge is 2.24. The minimum absolute atomic E-state index is 0.0323. The van der Waals surface area contributed by atoms with Gasteiger partial charge in [-0.05, 0) is 5.56 Å². The second kappa shape index (κ2) is 6.04. The van der Waals surface area contributed by atoms with E-state index in [-0.39, 0.29) is 16.8 Å². The molecule has 0 spiro atoms. The van der Waals surface area contributed by atoms with Crippen LogP contribution < -0.4 is 5.56 Å². The van der Waals surface area contributed by atoms with Crippen LogP contribution in [0, 0.1) is 0 Å². The molecule has 0 amide bonds. The molecular formula is C15H13NO5. The number of rotatable bonds is 3. The highest BCUT2D eigenvalue weighted by Crippen LogP contribution is 2.24. The van der Waals surface area contributed by atoms with Crippen LogP contribution in [-0.4, -0.2) is 31.1 Å². The zero-order chi connectivity index (χ0) is 15.4. The molecule has 0 radical (unpaired) electrons. The summed E-state index contributed by atoms with van der Waals surface area (Å²) in [5.41, 5.74) is 0.125. The van der Waals surface area contributed by atoms with Crippen LogP contribution in [0.15, 0.2) is 41.2 Å². The summed E-state index contributed by atoms with van der Waals surface area (Å²) in [4.78, 5) is 38.1. The van der Waals surface area contributed by atoms with Crippen LogP contribution >= 0.6 is 0 Å². The van der Waals surface area contributed by atoms with Gasteiger partial charge in [-0.25, -0.2) is 9.59 Å². The first kappa shape index (κ1) is 14.5. The van der Waals surface area contributed by atoms with Crippen molar-refractivity contribution in [2.45, 2.75) is 0 Å². The zero-order valence-electron chi connectivity index (χ0n) is 11.5. The SMILES string of the molecule is COC(=O)c1cc(=O)[nH]c(-c2ccccc2)c1C(=O)OC. The normalized spacial score (nSPS) is 10.0. The van der Waals surface area contributed by atoms with Gasteiger partial charge in [-0.2, -0.15) is 0 Å². The third-order valence-electron chi connectivity index (χ3n) is 2.90. The second-order valence-electron chi connectivity index (χ2n) is 4.15. The van der Waals surface area contributed by atoms with Crippen molar-refractivity contribution in [1.29, 1.82) is 0 Å². The van der Waals surface area contributed by atoms with Gasteiger partial charge in [0.05, 0.1) is 31.0 Å². The molecule has 0 aliphatic heterocycles. The molecule has 21 heavy (non-hydrogen) atoms. The summed E-state index contributed by atoms with van der Waals surface area (Å²) >= 11 is 0. The zero-order valence-corrected chi connectivity index (χ0v) is 11.5. The molecule has 1 aromatic carbocycles. The van der Waals surface area contributed by atoms with E-state index >= 15 is 0 Å². The Labute approximate surface area is 120 Å². The van der Waals surface area contributed by atoms with Crippen molar-refractivity contribution in [3.63, 3.8) is 0 Å². The Balaban J connectivity index is 2.80. The molecular weight excluding hydrogens is 274 g/mol. The van der Waals surface area contributed by atoms with Crippen molar-refractivity contribution in [2.24, 2.45) is 0 Å². The number of ether oxygens (including phenoxy) is 2. The molecule has 2 rings (SSSR count). The highest BCUT2D eigenvalue weighted by molar-refractivity contribution is 6.07. The molecule has 0 saturated carbocycles. The Bertz CT molecular complexity index is 733. The van der Waals surface area contributed by atoms with Crippen LogP contribution in [0.3, 0.4) is 0 Å². The van der Waals surface area contributed by atoms with Gasteiger partial charge < -0.3 is 14.5 Å². The number of aromatic nitrogens is 1. The van der Waals surface area contributed by atoms with Crippen molar-refractivity contribution in [3.8, 4) is 11.3 Å². The Morgan fingerprint density at radius 3 is 2.19 bits per heavy atom. The molecule has 0 aliphatic carbocycles. The molecule has 6 nitrogen and oxygen atoms in total. The number of hydrogen-bond donors (Lipinski definition) is 1. The van der Waals surface area contributed by atoms with Gasteiger partial charge in [-0.15, -0.1) is 0 Å². The van der Waals surface area contributed by atoms with E-state index in [1.54, 1.807) is 30.3 Å². The molecule has 0 unspecified atom stereocenters. The molecule has 1 heterocycles. The van der Waals surface area contributed by atoms with E-state index in [1.165, 1.54) is 14.2 Å². The van der Waals surface area contributed by atoms with Gasteiger partial charge in [0.15, 0.2) is 0 Å². The second-order valence-corrected chi connectivity index (χ2v) is 4.15. The molecule has 0 bridgehead atoms. The van der Waals surface area contributed by atoms with Crippen LogP contribution in [-0.2, 0) is 9.47 Å². The molecule has 2 aromatic rings. The average Bonchev–Trinajstić information content (AvgIpc) is 2.53. The van der Waals surface area contributed by atoms with E-state index in [1.807, 2.05) is 0 Å². The van der Waals surface area contributed by atoms with Gasteiger partial charge in [0.2, 0.25) is 5.56 Å². The minimum Gasteiger partial charge on any atom is -0.465 e. The standard InChI is InChI=1S/C15H13NO5/c1-20-14(18)10-8-11(17)16-13(12(10)15(19)21-2)9-6-4-3-5-7-9/h3-8H,1-2H3,(H,16,17). The fourth-order valence-electron chi connectivity index (χ4n) is 1.97. The van der Waals surface area contributed by atoms with Gasteiger partial charge in [0.1, 0.15) is 0 Å². The van der Waals surface area contributed by atoms with Crippen LogP contribution in [0.4, 0.5) is 0 Å². The number of carbonyl (C=O) groups is 2. The Morgan fingerprint density at radius 1 is 1.00 bits per heavy atom. The number of aromatic amines is 1. The molecule has 108 valence electrons. The average molecular weight is 287 g/mol. The lowest BCUT2D eigenvalue weighted by Gasteiger charge is -2.11. The number of hydrogen-bond acceptors (Lipinski definition) is 5. The van der Waals surface area contributed by atoms with Crippen molar-refractivity contribution >= 4 is 11.9 Å². The molecule has 1 N–H and O–H groups in total. The molecule has 6 heteroatoms. The lowest BCUT2D eigenvalue weighted by atomic mass is 10.0. The number of esters is 2. The number of carbonyl (C=O) groups excluding carboxylic acids is 2. The lowest BCUT2D eigenvalue weighted by Crippen LogP contribution is -2.20. The fourth-order valence-corrected chi connectivity index (χ4v) is 1.97. The first-order chi connectivity index (χ1) is 10.1. The highest BCUT2D eigenvalue weighted by atomic mass is 16.5. The van der Waals surface area contributed by atoms with Gasteiger partial charge in [0.25, 0.3) is 0 Å². The smallest absolute Gasteiger partial charge is 0.340 e. The fraction of sp³-hybridized carbons (Fsp3) is 0.133. The lowest BCUT2D eigenvalue weighted by molar-refractivity contribution is 0.0555. The first-order valence-electron chi connectivity index (χ1n) is 6.08. The summed E-state index contributed by atoms with van der Waals surface area (Å²) in [7, 11) is 2.37. The van der Waals surface area contributed by atoms with E-state index < -0.39 is 17.5 Å². The summed E-state index contributed by atoms with van der Waals surface area (Å²) < 4.78 is 9.32. The van der Waals surface area contributed by atoms with E-state index in [0.29, 0.717) is 5.56 Å². The number of pyridine rings is 1. The van der Waals surface area contributed by atoms with Crippen LogP contribution in [0.25, 0.3) is 11.3 Å². The summed E-state index contributed by atoms with van der Waals surface area (Å²) in [6.07, 6.45) is 0. The van der Waals surface area contributed by atoms with Crippen molar-refractivity contribution in [2.75, 3.05) is 14.2 Å². The maximum Gasteiger partial charge on any atom is 0.340 e. The van der Waals surface area contributed by atoms with Gasteiger partial charge >= 0.3 is 11.9 Å². The molecule has 0 aliphatic rings. The van der Waals surface area contributed by atoms with E-state index in [4.69, 9.17) is 4.74 Å². The molecule has 0 fully saturated rings. The van der Waals surface area contributed by atoms with E-state index in [0.717, 1.165) is 6.07 Å². The first-order valence-corrected chi connectivity index (χ1v) is 6.08. The van der Waals surface area contributed by atoms with E-state index in [2.05, 4.69) is 9.72 Å². The van der Waals surface area contributed by atoms with Crippen LogP contribution in [0.5, 0.6) is 0 Å². The summed E-state index contributed by atoms with van der Waals surface area (Å²) in [6.45, 7) is 0. The summed E-state index contributed by atoms with van der Waals surface area (Å²) in [6, 6.07) is 9.73. The number of methoxy groups -OCH3 is 2. The predicted octanol–water partition coefficient (Wildman–Crippen LogP) is 1.62. The number of H-pyrrole nitrogens is 1. The summed E-state index contributed by atoms with van der Waals surface area (Å²) in [5, 5.41) is 0. The molecule has 0 atom stereocenters. The van der Waals surface area contributed by atoms with Crippen LogP contribution in [0.2, 0.25) is 0 Å². The van der Waals surface area contributed by atoms with Gasteiger partial charge in [-0.1, -0.05) is 30.3 Å². The third kappa shape index (κ3) is 2.84. The number of benzene rings is 1. The molecule has 1 aromatic heterocycles. The quantitative estimate of drug-likeness (QED) is 0.867. The Kier molecular flexibility index (Phi) is 4.18. The van der Waals surface area contributed by atoms with Gasteiger partial charge in [-0.3, -0.25) is 4.79 Å². The topological polar surface area (TPSA) is 85.5 Å².